The molecular formula is C18H15Cl2N3O2S2. The second-order valence-electron chi connectivity index (χ2n) is 5.72. The lowest BCUT2D eigenvalue weighted by molar-refractivity contribution is -0.132. The maximum absolute atomic E-state index is 12.4. The van der Waals surface area contributed by atoms with Gasteiger partial charge in [-0.05, 0) is 29.6 Å². The van der Waals surface area contributed by atoms with Gasteiger partial charge in [-0.2, -0.15) is 0 Å². The molecule has 0 aliphatic rings. The fourth-order valence-electron chi connectivity index (χ4n) is 2.27. The van der Waals surface area contributed by atoms with E-state index in [1.807, 2.05) is 22.9 Å². The van der Waals surface area contributed by atoms with Crippen LogP contribution in [0.25, 0.3) is 9.88 Å². The quantitative estimate of drug-likeness (QED) is 0.598. The second-order valence-corrected chi connectivity index (χ2v) is 8.35. The zero-order valence-electron chi connectivity index (χ0n) is 14.2. The van der Waals surface area contributed by atoms with E-state index >= 15 is 0 Å². The van der Waals surface area contributed by atoms with E-state index in [-0.39, 0.29) is 24.8 Å². The first kappa shape index (κ1) is 19.8. The van der Waals surface area contributed by atoms with Crippen molar-refractivity contribution in [1.82, 2.24) is 9.88 Å². The highest BCUT2D eigenvalue weighted by Crippen LogP contribution is 2.28. The number of thiazole rings is 1. The molecule has 140 valence electrons. The average molecular weight is 440 g/mol. The van der Waals surface area contributed by atoms with Crippen LogP contribution in [0, 0.1) is 0 Å². The molecule has 0 atom stereocenters. The van der Waals surface area contributed by atoms with E-state index in [9.17, 15) is 9.59 Å². The molecule has 3 rings (SSSR count). The summed E-state index contributed by atoms with van der Waals surface area (Å²) in [6, 6.07) is 8.77. The van der Waals surface area contributed by atoms with Gasteiger partial charge in [0.25, 0.3) is 0 Å². The Hall–Kier alpha value is -1.93. The Labute approximate surface area is 174 Å². The normalized spacial score (nSPS) is 10.6. The number of hydrogen-bond donors (Lipinski definition) is 1. The summed E-state index contributed by atoms with van der Waals surface area (Å²) in [5.74, 6) is -0.496. The van der Waals surface area contributed by atoms with Crippen LogP contribution in [0.3, 0.4) is 0 Å². The van der Waals surface area contributed by atoms with Crippen molar-refractivity contribution in [2.75, 3.05) is 18.9 Å². The highest BCUT2D eigenvalue weighted by atomic mass is 35.5. The van der Waals surface area contributed by atoms with Crippen molar-refractivity contribution in [1.29, 1.82) is 0 Å². The molecule has 0 aliphatic heterocycles. The summed E-state index contributed by atoms with van der Waals surface area (Å²) in [5, 5.41) is 8.21. The molecule has 5 nitrogen and oxygen atoms in total. The number of carbonyl (C=O) groups is 2. The molecule has 9 heteroatoms. The minimum atomic E-state index is -0.318. The molecule has 2 amide bonds. The number of rotatable bonds is 6. The number of aromatic nitrogens is 1. The highest BCUT2D eigenvalue weighted by molar-refractivity contribution is 7.20. The van der Waals surface area contributed by atoms with Gasteiger partial charge in [0.15, 0.2) is 0 Å². The fraction of sp³-hybridized carbons (Fsp3) is 0.167. The van der Waals surface area contributed by atoms with Crippen molar-refractivity contribution < 1.29 is 9.59 Å². The van der Waals surface area contributed by atoms with Crippen molar-refractivity contribution in [2.24, 2.45) is 0 Å². The molecule has 0 saturated heterocycles. The Morgan fingerprint density at radius 1 is 1.19 bits per heavy atom. The van der Waals surface area contributed by atoms with Gasteiger partial charge in [0.2, 0.25) is 11.8 Å². The first-order valence-corrected chi connectivity index (χ1v) is 10.4. The van der Waals surface area contributed by atoms with E-state index in [0.717, 1.165) is 9.88 Å². The Balaban J connectivity index is 1.54. The molecule has 27 heavy (non-hydrogen) atoms. The van der Waals surface area contributed by atoms with Crippen LogP contribution in [0.2, 0.25) is 10.0 Å². The van der Waals surface area contributed by atoms with Crippen molar-refractivity contribution in [3.8, 4) is 9.88 Å². The molecule has 2 heterocycles. The number of carbonyl (C=O) groups excluding carboxylic acids is 2. The minimum absolute atomic E-state index is 0.0685. The largest absolute Gasteiger partial charge is 0.336 e. The van der Waals surface area contributed by atoms with Gasteiger partial charge in [0.1, 0.15) is 5.01 Å². The van der Waals surface area contributed by atoms with Crippen LogP contribution in [0.5, 0.6) is 0 Å². The van der Waals surface area contributed by atoms with E-state index in [1.54, 1.807) is 36.6 Å². The number of hydrogen-bond acceptors (Lipinski definition) is 5. The van der Waals surface area contributed by atoms with E-state index < -0.39 is 0 Å². The topological polar surface area (TPSA) is 62.3 Å². The van der Waals surface area contributed by atoms with Gasteiger partial charge < -0.3 is 10.2 Å². The second kappa shape index (κ2) is 8.84. The third-order valence-corrected chi connectivity index (χ3v) is 6.30. The Morgan fingerprint density at radius 3 is 2.70 bits per heavy atom. The summed E-state index contributed by atoms with van der Waals surface area (Å²) in [5.41, 5.74) is 1.22. The zero-order chi connectivity index (χ0) is 19.4. The van der Waals surface area contributed by atoms with Crippen LogP contribution in [0.15, 0.2) is 41.1 Å². The van der Waals surface area contributed by atoms with Crippen molar-refractivity contribution >= 4 is 63.4 Å². The standard InChI is InChI=1S/C18H15Cl2N3O2S2/c1-23(9-16(24)21-11-4-5-13(19)14(20)7-11)17(25)8-12-10-27-18(22-12)15-3-2-6-26-15/h2-7,10H,8-9H2,1H3,(H,21,24). The zero-order valence-corrected chi connectivity index (χ0v) is 17.4. The van der Waals surface area contributed by atoms with E-state index in [2.05, 4.69) is 10.3 Å². The molecule has 0 bridgehead atoms. The lowest BCUT2D eigenvalue weighted by Gasteiger charge is -2.16. The van der Waals surface area contributed by atoms with Gasteiger partial charge >= 0.3 is 0 Å². The number of amides is 2. The molecule has 0 spiro atoms. The molecule has 0 saturated carbocycles. The van der Waals surface area contributed by atoms with Crippen LogP contribution in [0.4, 0.5) is 5.69 Å². The van der Waals surface area contributed by atoms with Gasteiger partial charge in [0, 0.05) is 18.1 Å². The number of anilines is 1. The maximum atomic E-state index is 12.4. The summed E-state index contributed by atoms with van der Waals surface area (Å²) in [7, 11) is 1.59. The third-order valence-electron chi connectivity index (χ3n) is 3.63. The molecule has 2 aromatic heterocycles. The fourth-order valence-corrected chi connectivity index (χ4v) is 4.20. The SMILES string of the molecule is CN(CC(=O)Nc1ccc(Cl)c(Cl)c1)C(=O)Cc1csc(-c2cccs2)n1. The Kier molecular flexibility index (Phi) is 6.49. The summed E-state index contributed by atoms with van der Waals surface area (Å²) < 4.78 is 0. The smallest absolute Gasteiger partial charge is 0.243 e. The minimum Gasteiger partial charge on any atom is -0.336 e. The molecule has 0 aliphatic carbocycles. The van der Waals surface area contributed by atoms with E-state index in [1.165, 1.54) is 16.2 Å². The first-order chi connectivity index (χ1) is 12.9. The van der Waals surface area contributed by atoms with Crippen LogP contribution >= 0.6 is 45.9 Å². The highest BCUT2D eigenvalue weighted by Gasteiger charge is 2.16. The average Bonchev–Trinajstić information content (AvgIpc) is 3.29. The maximum Gasteiger partial charge on any atom is 0.243 e. The van der Waals surface area contributed by atoms with Crippen molar-refractivity contribution in [3.05, 3.63) is 56.8 Å². The third kappa shape index (κ3) is 5.29. The molecule has 0 fully saturated rings. The van der Waals surface area contributed by atoms with Gasteiger partial charge in [0.05, 0.1) is 33.6 Å². The number of nitrogens with zero attached hydrogens (tertiary/aromatic N) is 2. The number of nitrogens with one attached hydrogen (secondary N) is 1. The van der Waals surface area contributed by atoms with E-state index in [4.69, 9.17) is 23.2 Å². The van der Waals surface area contributed by atoms with Crippen LogP contribution in [-0.2, 0) is 16.0 Å². The molecule has 3 aromatic rings. The molecule has 1 aromatic carbocycles. The molecular weight excluding hydrogens is 425 g/mol. The Morgan fingerprint density at radius 2 is 2.00 bits per heavy atom. The van der Waals surface area contributed by atoms with Gasteiger partial charge in [-0.3, -0.25) is 9.59 Å². The first-order valence-electron chi connectivity index (χ1n) is 7.89. The predicted molar refractivity (Wildman–Crippen MR) is 112 cm³/mol. The monoisotopic (exact) mass is 439 g/mol. The van der Waals surface area contributed by atoms with Crippen molar-refractivity contribution in [3.63, 3.8) is 0 Å². The summed E-state index contributed by atoms with van der Waals surface area (Å²) in [6.45, 7) is -0.0685. The Bertz CT molecular complexity index is 957. The van der Waals surface area contributed by atoms with Gasteiger partial charge in [-0.15, -0.1) is 22.7 Å². The molecule has 0 unspecified atom stereocenters. The van der Waals surface area contributed by atoms with Crippen molar-refractivity contribution in [2.45, 2.75) is 6.42 Å². The summed E-state index contributed by atoms with van der Waals surface area (Å²) in [6.07, 6.45) is 0.151. The van der Waals surface area contributed by atoms with Crippen LogP contribution in [0.1, 0.15) is 5.69 Å². The van der Waals surface area contributed by atoms with Gasteiger partial charge in [-0.25, -0.2) is 4.98 Å². The summed E-state index contributed by atoms with van der Waals surface area (Å²) >= 11 is 14.9. The van der Waals surface area contributed by atoms with E-state index in [0.29, 0.717) is 21.4 Å². The lowest BCUT2D eigenvalue weighted by Crippen LogP contribution is -2.35. The lowest BCUT2D eigenvalue weighted by atomic mass is 10.3. The number of thiophene rings is 1. The summed E-state index contributed by atoms with van der Waals surface area (Å²) in [4.78, 5) is 31.5. The number of likely N-dealkylation sites (N-methyl/N-ethyl adjacent to an activating group) is 1. The van der Waals surface area contributed by atoms with Gasteiger partial charge in [-0.1, -0.05) is 29.3 Å². The molecule has 1 N–H and O–H groups in total. The van der Waals surface area contributed by atoms with Crippen LogP contribution < -0.4 is 5.32 Å². The number of benzene rings is 1. The predicted octanol–water partition coefficient (Wildman–Crippen LogP) is 4.82. The molecule has 0 radical (unpaired) electrons. The number of halogens is 2. The van der Waals surface area contributed by atoms with Crippen LogP contribution in [-0.4, -0.2) is 35.3 Å².